The van der Waals surface area contributed by atoms with Crippen molar-refractivity contribution in [2.45, 2.75) is 92.9 Å². The standard InChI is InChI=1S/2C10H20.HO3P/c2*1-8(2)10-6-4-9(3)5-7-10;1-4(2)3/h2*8-10H,4-7H2,1-3H3;(H-,1,2,3)/p+1. The Labute approximate surface area is 151 Å². The Kier molecular flexibility index (Phi) is 13.3. The molecule has 0 spiro atoms. The van der Waals surface area contributed by atoms with Crippen molar-refractivity contribution in [2.24, 2.45) is 35.5 Å². The summed E-state index contributed by atoms with van der Waals surface area (Å²) in [5, 5.41) is 0. The van der Waals surface area contributed by atoms with Gasteiger partial charge in [-0.1, -0.05) is 67.2 Å². The highest BCUT2D eigenvalue weighted by Gasteiger charge is 2.20. The van der Waals surface area contributed by atoms with E-state index in [1.165, 1.54) is 51.4 Å². The summed E-state index contributed by atoms with van der Waals surface area (Å²) in [6.45, 7) is 14.2. The lowest BCUT2D eigenvalue weighted by atomic mass is 9.78. The molecule has 0 amide bonds. The van der Waals surface area contributed by atoms with Crippen LogP contribution in [0.25, 0.3) is 0 Å². The summed E-state index contributed by atoms with van der Waals surface area (Å²) < 4.78 is 8.70. The third-order valence-corrected chi connectivity index (χ3v) is 6.01. The van der Waals surface area contributed by atoms with Crippen molar-refractivity contribution in [3.63, 3.8) is 0 Å². The topological polar surface area (TPSA) is 57.5 Å². The van der Waals surface area contributed by atoms with Gasteiger partial charge >= 0.3 is 8.25 Å². The van der Waals surface area contributed by atoms with Crippen molar-refractivity contribution in [3.05, 3.63) is 0 Å². The smallest absolute Gasteiger partial charge is 0.134 e. The fraction of sp³-hybridized carbons (Fsp3) is 1.00. The van der Waals surface area contributed by atoms with Gasteiger partial charge in [-0.15, -0.1) is 9.79 Å². The van der Waals surface area contributed by atoms with Crippen LogP contribution >= 0.6 is 8.25 Å². The van der Waals surface area contributed by atoms with E-state index in [0.29, 0.717) is 0 Å². The second-order valence-corrected chi connectivity index (χ2v) is 9.29. The first-order valence-corrected chi connectivity index (χ1v) is 11.1. The van der Waals surface area contributed by atoms with Gasteiger partial charge in [-0.3, -0.25) is 0 Å². The van der Waals surface area contributed by atoms with E-state index in [2.05, 4.69) is 41.5 Å². The molecule has 3 nitrogen and oxygen atoms in total. The summed E-state index contributed by atoms with van der Waals surface area (Å²) in [5.41, 5.74) is 0. The average Bonchev–Trinajstić information content (AvgIpc) is 2.48. The van der Waals surface area contributed by atoms with Gasteiger partial charge in [0.1, 0.15) is 0 Å². The lowest BCUT2D eigenvalue weighted by Crippen LogP contribution is -2.16. The molecule has 2 rings (SSSR count). The van der Waals surface area contributed by atoms with Gasteiger partial charge in [0, 0.05) is 4.57 Å². The van der Waals surface area contributed by atoms with Crippen LogP contribution in [0.5, 0.6) is 0 Å². The summed E-state index contributed by atoms with van der Waals surface area (Å²) in [6, 6.07) is 0. The van der Waals surface area contributed by atoms with Crippen molar-refractivity contribution < 1.29 is 14.4 Å². The predicted octanol–water partition coefficient (Wildman–Crippen LogP) is 6.57. The van der Waals surface area contributed by atoms with Gasteiger partial charge in [0.25, 0.3) is 0 Å². The molecule has 2 fully saturated rings. The monoisotopic (exact) mass is 361 g/mol. The van der Waals surface area contributed by atoms with Crippen molar-refractivity contribution in [3.8, 4) is 0 Å². The van der Waals surface area contributed by atoms with E-state index in [0.717, 1.165) is 35.5 Å². The number of hydrogen-bond acceptors (Lipinski definition) is 1. The molecule has 0 radical (unpaired) electrons. The largest absolute Gasteiger partial charge is 0.692 e. The molecule has 144 valence electrons. The van der Waals surface area contributed by atoms with Gasteiger partial charge < -0.3 is 0 Å². The average molecular weight is 362 g/mol. The van der Waals surface area contributed by atoms with Crippen LogP contribution in [-0.2, 0) is 4.57 Å². The molecule has 2 aliphatic rings. The van der Waals surface area contributed by atoms with Crippen LogP contribution in [0, 0.1) is 35.5 Å². The van der Waals surface area contributed by atoms with Gasteiger partial charge in [-0.25, -0.2) is 0 Å². The van der Waals surface area contributed by atoms with E-state index in [4.69, 9.17) is 14.4 Å². The first kappa shape index (κ1) is 24.0. The predicted molar refractivity (Wildman–Crippen MR) is 104 cm³/mol. The minimum absolute atomic E-state index is 0.924. The molecular formula is C20H42O3P+. The lowest BCUT2D eigenvalue weighted by Gasteiger charge is -2.28. The summed E-state index contributed by atoms with van der Waals surface area (Å²) in [7, 11) is -2.87. The Balaban J connectivity index is 0.000000363. The van der Waals surface area contributed by atoms with Crippen LogP contribution in [-0.4, -0.2) is 9.79 Å². The Morgan fingerprint density at radius 3 is 1.04 bits per heavy atom. The molecule has 0 aliphatic heterocycles. The molecule has 0 atom stereocenters. The van der Waals surface area contributed by atoms with E-state index < -0.39 is 8.25 Å². The maximum absolute atomic E-state index is 8.70. The first-order valence-electron chi connectivity index (χ1n) is 9.98. The van der Waals surface area contributed by atoms with E-state index in [-0.39, 0.29) is 0 Å². The Hall–Kier alpha value is 0.0200. The van der Waals surface area contributed by atoms with Crippen LogP contribution < -0.4 is 0 Å². The van der Waals surface area contributed by atoms with Gasteiger partial charge in [-0.2, -0.15) is 0 Å². The summed E-state index contributed by atoms with van der Waals surface area (Å²) in [6.07, 6.45) is 11.8. The molecule has 0 aromatic carbocycles. The van der Waals surface area contributed by atoms with Crippen molar-refractivity contribution >= 4 is 8.25 Å². The Morgan fingerprint density at radius 1 is 0.667 bits per heavy atom. The number of hydrogen-bond donors (Lipinski definition) is 2. The third kappa shape index (κ3) is 12.4. The van der Waals surface area contributed by atoms with Crippen LogP contribution in [0.4, 0.5) is 0 Å². The lowest BCUT2D eigenvalue weighted by molar-refractivity contribution is 0.234. The summed E-state index contributed by atoms with van der Waals surface area (Å²) in [5.74, 6) is 5.94. The maximum Gasteiger partial charge on any atom is 0.692 e. The molecule has 0 aromatic heterocycles. The second-order valence-electron chi connectivity index (χ2n) is 8.78. The number of rotatable bonds is 2. The Morgan fingerprint density at radius 2 is 0.875 bits per heavy atom. The van der Waals surface area contributed by atoms with Gasteiger partial charge in [0.15, 0.2) is 0 Å². The zero-order valence-corrected chi connectivity index (χ0v) is 17.8. The Bertz CT molecular complexity index is 285. The van der Waals surface area contributed by atoms with Crippen LogP contribution in [0.15, 0.2) is 0 Å². The van der Waals surface area contributed by atoms with Crippen molar-refractivity contribution in [2.75, 3.05) is 0 Å². The zero-order valence-electron chi connectivity index (χ0n) is 16.9. The van der Waals surface area contributed by atoms with Crippen molar-refractivity contribution in [1.29, 1.82) is 0 Å². The molecule has 0 bridgehead atoms. The first-order chi connectivity index (χ1) is 11.1. The van der Waals surface area contributed by atoms with Gasteiger partial charge in [0.05, 0.1) is 0 Å². The zero-order chi connectivity index (χ0) is 18.7. The van der Waals surface area contributed by atoms with E-state index in [1.54, 1.807) is 0 Å². The molecule has 24 heavy (non-hydrogen) atoms. The SMILES string of the molecule is CC1CCC(C(C)C)CC1.CC1CCC(C(C)C)CC1.O=[P+](O)O. The molecule has 0 unspecified atom stereocenters. The molecule has 0 saturated heterocycles. The van der Waals surface area contributed by atoms with Crippen LogP contribution in [0.3, 0.4) is 0 Å². The highest BCUT2D eigenvalue weighted by molar-refractivity contribution is 7.30. The highest BCUT2D eigenvalue weighted by Crippen LogP contribution is 2.33. The van der Waals surface area contributed by atoms with E-state index in [1.807, 2.05) is 0 Å². The minimum atomic E-state index is -2.87. The molecular weight excluding hydrogens is 319 g/mol. The minimum Gasteiger partial charge on any atom is -0.134 e. The van der Waals surface area contributed by atoms with E-state index in [9.17, 15) is 0 Å². The highest BCUT2D eigenvalue weighted by atomic mass is 31.1. The molecule has 4 heteroatoms. The molecule has 0 heterocycles. The fourth-order valence-electron chi connectivity index (χ4n) is 3.91. The normalized spacial score (nSPS) is 30.1. The van der Waals surface area contributed by atoms with E-state index >= 15 is 0 Å². The van der Waals surface area contributed by atoms with Crippen LogP contribution in [0.2, 0.25) is 0 Å². The molecule has 0 aromatic rings. The molecule has 2 aliphatic carbocycles. The molecule has 2 N–H and O–H groups in total. The summed E-state index contributed by atoms with van der Waals surface area (Å²) in [4.78, 5) is 14.2. The fourth-order valence-corrected chi connectivity index (χ4v) is 3.91. The third-order valence-electron chi connectivity index (χ3n) is 6.01. The van der Waals surface area contributed by atoms with Crippen LogP contribution in [0.1, 0.15) is 92.9 Å². The van der Waals surface area contributed by atoms with Crippen molar-refractivity contribution in [1.82, 2.24) is 0 Å². The quantitative estimate of drug-likeness (QED) is 0.547. The maximum atomic E-state index is 8.70. The van der Waals surface area contributed by atoms with Gasteiger partial charge in [0.2, 0.25) is 0 Å². The molecule has 2 saturated carbocycles. The van der Waals surface area contributed by atoms with Gasteiger partial charge in [-0.05, 0) is 61.2 Å². The summed E-state index contributed by atoms with van der Waals surface area (Å²) >= 11 is 0. The second kappa shape index (κ2) is 13.3.